The number of nitrogens with one attached hydrogen (secondary N) is 1. The maximum atomic E-state index is 4.21. The Kier molecular flexibility index (Phi) is 2.64. The standard InChI is InChI=1S/C10H17N3/c1-2-9-7-12-8-13(9)10-3-5-11-6-4-10/h7-8,10-11H,2-6H2,1H3. The molecule has 1 aliphatic heterocycles. The highest BCUT2D eigenvalue weighted by atomic mass is 15.1. The second kappa shape index (κ2) is 3.92. The summed E-state index contributed by atoms with van der Waals surface area (Å²) in [4.78, 5) is 4.21. The fourth-order valence-electron chi connectivity index (χ4n) is 2.02. The highest BCUT2D eigenvalue weighted by Gasteiger charge is 2.15. The molecule has 0 atom stereocenters. The molecule has 0 bridgehead atoms. The van der Waals surface area contributed by atoms with Crippen molar-refractivity contribution in [2.75, 3.05) is 13.1 Å². The maximum absolute atomic E-state index is 4.21. The normalized spacial score (nSPS) is 19.2. The first-order chi connectivity index (χ1) is 6.42. The van der Waals surface area contributed by atoms with Gasteiger partial charge in [-0.1, -0.05) is 6.92 Å². The zero-order chi connectivity index (χ0) is 9.10. The van der Waals surface area contributed by atoms with Gasteiger partial charge in [-0.15, -0.1) is 0 Å². The van der Waals surface area contributed by atoms with E-state index in [1.807, 2.05) is 12.5 Å². The summed E-state index contributed by atoms with van der Waals surface area (Å²) in [7, 11) is 0. The van der Waals surface area contributed by atoms with Crippen LogP contribution in [-0.4, -0.2) is 22.6 Å². The van der Waals surface area contributed by atoms with Gasteiger partial charge in [-0.2, -0.15) is 0 Å². The third-order valence-electron chi connectivity index (χ3n) is 2.81. The molecular weight excluding hydrogens is 162 g/mol. The smallest absolute Gasteiger partial charge is 0.0950 e. The van der Waals surface area contributed by atoms with Gasteiger partial charge in [-0.25, -0.2) is 4.98 Å². The highest BCUT2D eigenvalue weighted by Crippen LogP contribution is 2.20. The molecule has 0 amide bonds. The molecule has 0 aromatic carbocycles. The van der Waals surface area contributed by atoms with Crippen molar-refractivity contribution < 1.29 is 0 Å². The number of nitrogens with zero attached hydrogens (tertiary/aromatic N) is 2. The minimum atomic E-state index is 0.679. The molecule has 1 aliphatic rings. The molecule has 3 heteroatoms. The van der Waals surface area contributed by atoms with E-state index >= 15 is 0 Å². The lowest BCUT2D eigenvalue weighted by molar-refractivity contribution is 0.361. The summed E-state index contributed by atoms with van der Waals surface area (Å²) in [5.41, 5.74) is 1.37. The van der Waals surface area contributed by atoms with Gasteiger partial charge in [0.2, 0.25) is 0 Å². The molecule has 3 nitrogen and oxygen atoms in total. The average molecular weight is 179 g/mol. The Labute approximate surface area is 79.2 Å². The first-order valence-corrected chi connectivity index (χ1v) is 5.13. The van der Waals surface area contributed by atoms with Gasteiger partial charge < -0.3 is 9.88 Å². The molecule has 0 spiro atoms. The molecule has 2 rings (SSSR count). The van der Waals surface area contributed by atoms with Gasteiger partial charge in [-0.3, -0.25) is 0 Å². The van der Waals surface area contributed by atoms with Crippen molar-refractivity contribution >= 4 is 0 Å². The molecule has 0 radical (unpaired) electrons. The van der Waals surface area contributed by atoms with Gasteiger partial charge in [0, 0.05) is 17.9 Å². The Balaban J connectivity index is 2.13. The summed E-state index contributed by atoms with van der Waals surface area (Å²) >= 11 is 0. The number of hydrogen-bond donors (Lipinski definition) is 1. The van der Waals surface area contributed by atoms with Crippen molar-refractivity contribution in [3.8, 4) is 0 Å². The van der Waals surface area contributed by atoms with E-state index in [2.05, 4.69) is 21.8 Å². The SMILES string of the molecule is CCc1cncn1C1CCNCC1. The van der Waals surface area contributed by atoms with Crippen molar-refractivity contribution in [2.45, 2.75) is 32.2 Å². The fraction of sp³-hybridized carbons (Fsp3) is 0.700. The molecule has 72 valence electrons. The molecule has 1 aromatic rings. The molecule has 1 aromatic heterocycles. The first kappa shape index (κ1) is 8.75. The van der Waals surface area contributed by atoms with Crippen LogP contribution >= 0.6 is 0 Å². The number of piperidine rings is 1. The van der Waals surface area contributed by atoms with Crippen LogP contribution in [0.4, 0.5) is 0 Å². The van der Waals surface area contributed by atoms with Crippen LogP contribution in [0.3, 0.4) is 0 Å². The van der Waals surface area contributed by atoms with Crippen LogP contribution in [0.25, 0.3) is 0 Å². The molecule has 0 saturated carbocycles. The van der Waals surface area contributed by atoms with E-state index in [1.54, 1.807) is 0 Å². The highest BCUT2D eigenvalue weighted by molar-refractivity contribution is 5.00. The van der Waals surface area contributed by atoms with Crippen molar-refractivity contribution in [3.05, 3.63) is 18.2 Å². The third-order valence-corrected chi connectivity index (χ3v) is 2.81. The molecule has 1 N–H and O–H groups in total. The van der Waals surface area contributed by atoms with Crippen LogP contribution in [0.15, 0.2) is 12.5 Å². The number of imidazole rings is 1. The maximum Gasteiger partial charge on any atom is 0.0950 e. The van der Waals surface area contributed by atoms with Gasteiger partial charge in [0.1, 0.15) is 0 Å². The number of hydrogen-bond acceptors (Lipinski definition) is 2. The zero-order valence-corrected chi connectivity index (χ0v) is 8.16. The third kappa shape index (κ3) is 1.75. The summed E-state index contributed by atoms with van der Waals surface area (Å²) in [5, 5.41) is 3.38. The summed E-state index contributed by atoms with van der Waals surface area (Å²) < 4.78 is 2.35. The summed E-state index contributed by atoms with van der Waals surface area (Å²) in [6, 6.07) is 0.679. The first-order valence-electron chi connectivity index (χ1n) is 5.13. The summed E-state index contributed by atoms with van der Waals surface area (Å²) in [6.07, 6.45) is 7.54. The van der Waals surface area contributed by atoms with Crippen molar-refractivity contribution in [1.82, 2.24) is 14.9 Å². The van der Waals surface area contributed by atoms with E-state index < -0.39 is 0 Å². The minimum absolute atomic E-state index is 0.679. The van der Waals surface area contributed by atoms with Crippen molar-refractivity contribution in [1.29, 1.82) is 0 Å². The lowest BCUT2D eigenvalue weighted by Crippen LogP contribution is -2.29. The summed E-state index contributed by atoms with van der Waals surface area (Å²) in [5.74, 6) is 0. The lowest BCUT2D eigenvalue weighted by Gasteiger charge is -2.25. The number of rotatable bonds is 2. The van der Waals surface area contributed by atoms with Crippen LogP contribution in [0.1, 0.15) is 31.5 Å². The van der Waals surface area contributed by atoms with E-state index in [-0.39, 0.29) is 0 Å². The van der Waals surface area contributed by atoms with Crippen LogP contribution in [0, 0.1) is 0 Å². The molecule has 1 saturated heterocycles. The second-order valence-corrected chi connectivity index (χ2v) is 3.63. The van der Waals surface area contributed by atoms with E-state index in [9.17, 15) is 0 Å². The number of aryl methyl sites for hydroxylation is 1. The second-order valence-electron chi connectivity index (χ2n) is 3.63. The lowest BCUT2D eigenvalue weighted by atomic mass is 10.1. The predicted molar refractivity (Wildman–Crippen MR) is 52.7 cm³/mol. The van der Waals surface area contributed by atoms with Gasteiger partial charge in [0.25, 0.3) is 0 Å². The van der Waals surface area contributed by atoms with Crippen LogP contribution < -0.4 is 5.32 Å². The summed E-state index contributed by atoms with van der Waals surface area (Å²) in [6.45, 7) is 4.48. The largest absolute Gasteiger partial charge is 0.331 e. The van der Waals surface area contributed by atoms with Gasteiger partial charge in [0.05, 0.1) is 6.33 Å². The Morgan fingerprint density at radius 3 is 3.00 bits per heavy atom. The molecule has 1 fully saturated rings. The number of aromatic nitrogens is 2. The Hall–Kier alpha value is -0.830. The Bertz CT molecular complexity index is 261. The average Bonchev–Trinajstić information content (AvgIpc) is 2.67. The van der Waals surface area contributed by atoms with Crippen LogP contribution in [0.2, 0.25) is 0 Å². The van der Waals surface area contributed by atoms with Crippen molar-refractivity contribution in [2.24, 2.45) is 0 Å². The van der Waals surface area contributed by atoms with E-state index in [0.29, 0.717) is 6.04 Å². The minimum Gasteiger partial charge on any atom is -0.331 e. The van der Waals surface area contributed by atoms with Crippen LogP contribution in [0.5, 0.6) is 0 Å². The van der Waals surface area contributed by atoms with E-state index in [4.69, 9.17) is 0 Å². The predicted octanol–water partition coefficient (Wildman–Crippen LogP) is 1.37. The van der Waals surface area contributed by atoms with E-state index in [1.165, 1.54) is 18.5 Å². The molecule has 13 heavy (non-hydrogen) atoms. The van der Waals surface area contributed by atoms with E-state index in [0.717, 1.165) is 19.5 Å². The zero-order valence-electron chi connectivity index (χ0n) is 8.16. The quantitative estimate of drug-likeness (QED) is 0.743. The van der Waals surface area contributed by atoms with Gasteiger partial charge in [0.15, 0.2) is 0 Å². The Morgan fingerprint density at radius 1 is 1.54 bits per heavy atom. The molecule has 0 unspecified atom stereocenters. The van der Waals surface area contributed by atoms with Crippen molar-refractivity contribution in [3.63, 3.8) is 0 Å². The van der Waals surface area contributed by atoms with Gasteiger partial charge >= 0.3 is 0 Å². The molecule has 2 heterocycles. The molecular formula is C10H17N3. The van der Waals surface area contributed by atoms with Crippen LogP contribution in [-0.2, 0) is 6.42 Å². The monoisotopic (exact) mass is 179 g/mol. The Morgan fingerprint density at radius 2 is 2.31 bits per heavy atom. The fourth-order valence-corrected chi connectivity index (χ4v) is 2.02. The van der Waals surface area contributed by atoms with Gasteiger partial charge in [-0.05, 0) is 32.4 Å². The molecule has 0 aliphatic carbocycles. The topological polar surface area (TPSA) is 29.9 Å².